The SMILES string of the molecule is COc1ccc(C(=O)OCC(=O)N[C@@H](C)c2cc(OC)ccc2OC)c(F)c1. The quantitative estimate of drug-likeness (QED) is 0.697. The van der Waals surface area contributed by atoms with E-state index in [-0.39, 0.29) is 11.3 Å². The zero-order chi connectivity index (χ0) is 20.7. The van der Waals surface area contributed by atoms with Crippen LogP contribution in [0.2, 0.25) is 0 Å². The summed E-state index contributed by atoms with van der Waals surface area (Å²) in [4.78, 5) is 24.1. The van der Waals surface area contributed by atoms with E-state index in [0.29, 0.717) is 17.1 Å². The number of ether oxygens (including phenoxy) is 4. The Bertz CT molecular complexity index is 855. The maximum atomic E-state index is 13.9. The number of hydrogen-bond acceptors (Lipinski definition) is 6. The molecule has 0 saturated carbocycles. The molecule has 0 aromatic heterocycles. The fourth-order valence-corrected chi connectivity index (χ4v) is 2.54. The largest absolute Gasteiger partial charge is 0.497 e. The molecule has 8 heteroatoms. The summed E-state index contributed by atoms with van der Waals surface area (Å²) < 4.78 is 34.1. The minimum absolute atomic E-state index is 0.271. The third kappa shape index (κ3) is 5.12. The summed E-state index contributed by atoms with van der Waals surface area (Å²) in [5, 5.41) is 2.70. The summed E-state index contributed by atoms with van der Waals surface area (Å²) >= 11 is 0. The monoisotopic (exact) mass is 391 g/mol. The second kappa shape index (κ2) is 9.59. The Hall–Kier alpha value is -3.29. The molecule has 2 rings (SSSR count). The lowest BCUT2D eigenvalue weighted by Crippen LogP contribution is -2.31. The van der Waals surface area contributed by atoms with Gasteiger partial charge in [0.15, 0.2) is 6.61 Å². The summed E-state index contributed by atoms with van der Waals surface area (Å²) in [6.45, 7) is 1.20. The molecule has 0 radical (unpaired) electrons. The van der Waals surface area contributed by atoms with Gasteiger partial charge in [0.05, 0.1) is 32.9 Å². The van der Waals surface area contributed by atoms with Crippen LogP contribution in [0, 0.1) is 5.82 Å². The van der Waals surface area contributed by atoms with Crippen LogP contribution in [0.5, 0.6) is 17.2 Å². The minimum Gasteiger partial charge on any atom is -0.497 e. The van der Waals surface area contributed by atoms with Gasteiger partial charge in [-0.1, -0.05) is 0 Å². The smallest absolute Gasteiger partial charge is 0.341 e. The van der Waals surface area contributed by atoms with Crippen LogP contribution in [0.3, 0.4) is 0 Å². The van der Waals surface area contributed by atoms with E-state index in [0.717, 1.165) is 6.07 Å². The average Bonchev–Trinajstić information content (AvgIpc) is 2.71. The molecule has 0 saturated heterocycles. The van der Waals surface area contributed by atoms with Gasteiger partial charge in [-0.3, -0.25) is 4.79 Å². The lowest BCUT2D eigenvalue weighted by Gasteiger charge is -2.18. The Labute approximate surface area is 162 Å². The summed E-state index contributed by atoms with van der Waals surface area (Å²) in [5.74, 6) is -0.821. The summed E-state index contributed by atoms with van der Waals surface area (Å²) in [6, 6.07) is 8.49. The van der Waals surface area contributed by atoms with E-state index in [1.54, 1.807) is 25.1 Å². The Balaban J connectivity index is 1.98. The van der Waals surface area contributed by atoms with Gasteiger partial charge in [-0.05, 0) is 37.3 Å². The van der Waals surface area contributed by atoms with Crippen LogP contribution in [0.15, 0.2) is 36.4 Å². The molecule has 7 nitrogen and oxygen atoms in total. The highest BCUT2D eigenvalue weighted by atomic mass is 19.1. The zero-order valence-corrected chi connectivity index (χ0v) is 16.1. The fraction of sp³-hybridized carbons (Fsp3) is 0.300. The third-order valence-electron chi connectivity index (χ3n) is 4.01. The number of esters is 1. The van der Waals surface area contributed by atoms with Crippen molar-refractivity contribution < 1.29 is 32.9 Å². The molecule has 0 unspecified atom stereocenters. The van der Waals surface area contributed by atoms with Crippen molar-refractivity contribution in [3.8, 4) is 17.2 Å². The Morgan fingerprint density at radius 2 is 1.64 bits per heavy atom. The van der Waals surface area contributed by atoms with Crippen molar-refractivity contribution in [1.29, 1.82) is 0 Å². The van der Waals surface area contributed by atoms with E-state index in [4.69, 9.17) is 18.9 Å². The van der Waals surface area contributed by atoms with E-state index in [2.05, 4.69) is 5.32 Å². The molecule has 2 aromatic carbocycles. The predicted molar refractivity (Wildman–Crippen MR) is 99.3 cm³/mol. The molecule has 1 amide bonds. The standard InChI is InChI=1S/C20H22FNO6/c1-12(16-9-13(25-2)6-8-18(16)27-4)22-19(23)11-28-20(24)15-7-5-14(26-3)10-17(15)21/h5-10,12H,11H2,1-4H3,(H,22,23)/t12-/m0/s1. The highest BCUT2D eigenvalue weighted by Crippen LogP contribution is 2.29. The van der Waals surface area contributed by atoms with E-state index in [1.807, 2.05) is 0 Å². The molecule has 1 atom stereocenters. The maximum Gasteiger partial charge on any atom is 0.341 e. The van der Waals surface area contributed by atoms with Crippen molar-refractivity contribution in [3.05, 3.63) is 53.3 Å². The first-order chi connectivity index (χ1) is 13.4. The lowest BCUT2D eigenvalue weighted by atomic mass is 10.1. The van der Waals surface area contributed by atoms with Gasteiger partial charge < -0.3 is 24.3 Å². The molecule has 150 valence electrons. The number of carbonyl (C=O) groups excluding carboxylic acids is 2. The van der Waals surface area contributed by atoms with Crippen LogP contribution in [0.1, 0.15) is 28.9 Å². The third-order valence-corrected chi connectivity index (χ3v) is 4.01. The van der Waals surface area contributed by atoms with Crippen molar-refractivity contribution in [1.82, 2.24) is 5.32 Å². The van der Waals surface area contributed by atoms with Gasteiger partial charge in [-0.25, -0.2) is 9.18 Å². The second-order valence-electron chi connectivity index (χ2n) is 5.82. The molecule has 28 heavy (non-hydrogen) atoms. The van der Waals surface area contributed by atoms with Crippen molar-refractivity contribution in [3.63, 3.8) is 0 Å². The summed E-state index contributed by atoms with van der Waals surface area (Å²) in [7, 11) is 4.44. The Morgan fingerprint density at radius 3 is 2.25 bits per heavy atom. The van der Waals surface area contributed by atoms with Crippen molar-refractivity contribution >= 4 is 11.9 Å². The molecule has 0 aliphatic heterocycles. The first-order valence-corrected chi connectivity index (χ1v) is 8.41. The van der Waals surface area contributed by atoms with Gasteiger partial charge in [-0.15, -0.1) is 0 Å². The van der Waals surface area contributed by atoms with Gasteiger partial charge in [0, 0.05) is 11.6 Å². The topological polar surface area (TPSA) is 83.1 Å². The van der Waals surface area contributed by atoms with Gasteiger partial charge in [-0.2, -0.15) is 0 Å². The number of methoxy groups -OCH3 is 3. The number of halogens is 1. The zero-order valence-electron chi connectivity index (χ0n) is 16.1. The van der Waals surface area contributed by atoms with Gasteiger partial charge in [0.2, 0.25) is 0 Å². The number of rotatable bonds is 8. The van der Waals surface area contributed by atoms with Crippen LogP contribution in [-0.2, 0) is 9.53 Å². The average molecular weight is 391 g/mol. The van der Waals surface area contributed by atoms with Crippen LogP contribution < -0.4 is 19.5 Å². The number of amides is 1. The first kappa shape index (κ1) is 21.0. The molecular weight excluding hydrogens is 369 g/mol. The molecule has 1 N–H and O–H groups in total. The minimum atomic E-state index is -0.943. The number of benzene rings is 2. The Kier molecular flexibility index (Phi) is 7.20. The van der Waals surface area contributed by atoms with Crippen LogP contribution in [0.25, 0.3) is 0 Å². The maximum absolute atomic E-state index is 13.9. The lowest BCUT2D eigenvalue weighted by molar-refractivity contribution is -0.124. The molecule has 0 bridgehead atoms. The van der Waals surface area contributed by atoms with E-state index in [1.165, 1.54) is 33.5 Å². The van der Waals surface area contributed by atoms with E-state index >= 15 is 0 Å². The highest BCUT2D eigenvalue weighted by Gasteiger charge is 2.18. The summed E-state index contributed by atoms with van der Waals surface area (Å²) in [6.07, 6.45) is 0. The molecule has 0 heterocycles. The number of hydrogen-bond donors (Lipinski definition) is 1. The molecule has 0 fully saturated rings. The highest BCUT2D eigenvalue weighted by molar-refractivity contribution is 5.91. The van der Waals surface area contributed by atoms with Crippen LogP contribution in [0.4, 0.5) is 4.39 Å². The van der Waals surface area contributed by atoms with Crippen molar-refractivity contribution in [2.24, 2.45) is 0 Å². The number of carbonyl (C=O) groups is 2. The normalized spacial score (nSPS) is 11.3. The number of nitrogens with one attached hydrogen (secondary N) is 1. The first-order valence-electron chi connectivity index (χ1n) is 8.41. The van der Waals surface area contributed by atoms with Crippen LogP contribution >= 0.6 is 0 Å². The van der Waals surface area contributed by atoms with Crippen LogP contribution in [-0.4, -0.2) is 39.8 Å². The molecular formula is C20H22FNO6. The van der Waals surface area contributed by atoms with Crippen molar-refractivity contribution in [2.75, 3.05) is 27.9 Å². The Morgan fingerprint density at radius 1 is 1.00 bits per heavy atom. The van der Waals surface area contributed by atoms with Crippen molar-refractivity contribution in [2.45, 2.75) is 13.0 Å². The van der Waals surface area contributed by atoms with Gasteiger partial charge in [0.1, 0.15) is 23.1 Å². The van der Waals surface area contributed by atoms with Gasteiger partial charge >= 0.3 is 5.97 Å². The molecule has 0 aliphatic rings. The molecule has 2 aromatic rings. The summed E-state index contributed by atoms with van der Waals surface area (Å²) in [5.41, 5.74) is 0.416. The second-order valence-corrected chi connectivity index (χ2v) is 5.82. The van der Waals surface area contributed by atoms with Gasteiger partial charge in [0.25, 0.3) is 5.91 Å². The molecule has 0 spiro atoms. The van der Waals surface area contributed by atoms with E-state index in [9.17, 15) is 14.0 Å². The van der Waals surface area contributed by atoms with E-state index < -0.39 is 30.3 Å². The molecule has 0 aliphatic carbocycles. The fourth-order valence-electron chi connectivity index (χ4n) is 2.54. The predicted octanol–water partition coefficient (Wildman–Crippen LogP) is 2.89.